The highest BCUT2D eigenvalue weighted by molar-refractivity contribution is 5.66. The SMILES string of the molecule is CC(C)(C)C1CCC(NCc2cnn(CC(=O)O)c2)CC1. The average Bonchev–Trinajstić information content (AvgIpc) is 2.82. The van der Waals surface area contributed by atoms with Gasteiger partial charge in [0.25, 0.3) is 0 Å². The Morgan fingerprint density at radius 2 is 2.05 bits per heavy atom. The summed E-state index contributed by atoms with van der Waals surface area (Å²) in [6, 6.07) is 0.575. The van der Waals surface area contributed by atoms with E-state index in [1.807, 2.05) is 6.20 Å². The molecule has 1 saturated carbocycles. The van der Waals surface area contributed by atoms with Crippen molar-refractivity contribution in [3.63, 3.8) is 0 Å². The number of hydrogen-bond acceptors (Lipinski definition) is 3. The molecule has 1 heterocycles. The zero-order valence-corrected chi connectivity index (χ0v) is 13.3. The van der Waals surface area contributed by atoms with Gasteiger partial charge in [0.2, 0.25) is 0 Å². The maximum absolute atomic E-state index is 10.6. The summed E-state index contributed by atoms with van der Waals surface area (Å²) in [5, 5.41) is 16.4. The lowest BCUT2D eigenvalue weighted by atomic mass is 9.71. The van der Waals surface area contributed by atoms with Crippen LogP contribution in [0.2, 0.25) is 0 Å². The van der Waals surface area contributed by atoms with Crippen molar-refractivity contribution in [2.75, 3.05) is 0 Å². The zero-order valence-electron chi connectivity index (χ0n) is 13.3. The van der Waals surface area contributed by atoms with Crippen LogP contribution in [-0.2, 0) is 17.9 Å². The molecule has 2 rings (SSSR count). The van der Waals surface area contributed by atoms with E-state index in [1.165, 1.54) is 30.4 Å². The van der Waals surface area contributed by atoms with E-state index in [0.717, 1.165) is 18.0 Å². The molecule has 0 spiro atoms. The van der Waals surface area contributed by atoms with Crippen molar-refractivity contribution in [1.82, 2.24) is 15.1 Å². The number of carboxylic acid groups (broad SMARTS) is 1. The summed E-state index contributed by atoms with van der Waals surface area (Å²) in [5.74, 6) is -0.0352. The van der Waals surface area contributed by atoms with Gasteiger partial charge in [-0.05, 0) is 37.0 Å². The van der Waals surface area contributed by atoms with Crippen LogP contribution < -0.4 is 5.32 Å². The normalized spacial score (nSPS) is 23.2. The topological polar surface area (TPSA) is 67.2 Å². The second kappa shape index (κ2) is 6.60. The minimum Gasteiger partial charge on any atom is -0.480 e. The van der Waals surface area contributed by atoms with E-state index in [4.69, 9.17) is 5.11 Å². The van der Waals surface area contributed by atoms with E-state index in [0.29, 0.717) is 11.5 Å². The van der Waals surface area contributed by atoms with E-state index in [9.17, 15) is 4.79 Å². The van der Waals surface area contributed by atoms with Gasteiger partial charge in [0.15, 0.2) is 0 Å². The third-order valence-corrected chi connectivity index (χ3v) is 4.53. The number of hydrogen-bond donors (Lipinski definition) is 2. The summed E-state index contributed by atoms with van der Waals surface area (Å²) in [6.07, 6.45) is 8.59. The Kier molecular flexibility index (Phi) is 5.04. The van der Waals surface area contributed by atoms with Crippen LogP contribution in [0.1, 0.15) is 52.0 Å². The number of carbonyl (C=O) groups is 1. The second-order valence-corrected chi connectivity index (χ2v) is 7.24. The maximum atomic E-state index is 10.6. The molecule has 0 atom stereocenters. The molecule has 0 aromatic carbocycles. The first-order valence-electron chi connectivity index (χ1n) is 7.81. The molecule has 0 bridgehead atoms. The van der Waals surface area contributed by atoms with Crippen molar-refractivity contribution in [3.05, 3.63) is 18.0 Å². The van der Waals surface area contributed by atoms with Crippen molar-refractivity contribution in [1.29, 1.82) is 0 Å². The monoisotopic (exact) mass is 293 g/mol. The zero-order chi connectivity index (χ0) is 15.5. The minimum absolute atomic E-state index is 0.0727. The van der Waals surface area contributed by atoms with Gasteiger partial charge in [-0.2, -0.15) is 5.10 Å². The van der Waals surface area contributed by atoms with E-state index in [1.54, 1.807) is 6.20 Å². The standard InChI is InChI=1S/C16H27N3O2/c1-16(2,3)13-4-6-14(7-5-13)17-8-12-9-18-19(10-12)11-15(20)21/h9-10,13-14,17H,4-8,11H2,1-3H3,(H,20,21). The summed E-state index contributed by atoms with van der Waals surface area (Å²) in [7, 11) is 0. The molecule has 1 aliphatic carbocycles. The van der Waals surface area contributed by atoms with Gasteiger partial charge in [-0.3, -0.25) is 9.48 Å². The molecular formula is C16H27N3O2. The van der Waals surface area contributed by atoms with Crippen molar-refractivity contribution in [3.8, 4) is 0 Å². The molecular weight excluding hydrogens is 266 g/mol. The van der Waals surface area contributed by atoms with Gasteiger partial charge in [-0.1, -0.05) is 20.8 Å². The van der Waals surface area contributed by atoms with Gasteiger partial charge in [0.05, 0.1) is 6.20 Å². The second-order valence-electron chi connectivity index (χ2n) is 7.24. The van der Waals surface area contributed by atoms with Crippen LogP contribution in [0, 0.1) is 11.3 Å². The van der Waals surface area contributed by atoms with Crippen LogP contribution in [-0.4, -0.2) is 26.9 Å². The van der Waals surface area contributed by atoms with Crippen LogP contribution in [0.5, 0.6) is 0 Å². The van der Waals surface area contributed by atoms with Gasteiger partial charge in [0, 0.05) is 24.3 Å². The number of aliphatic carboxylic acids is 1. The largest absolute Gasteiger partial charge is 0.480 e. The molecule has 1 fully saturated rings. The van der Waals surface area contributed by atoms with Crippen molar-refractivity contribution >= 4 is 5.97 Å². The first-order valence-corrected chi connectivity index (χ1v) is 7.81. The highest BCUT2D eigenvalue weighted by atomic mass is 16.4. The van der Waals surface area contributed by atoms with Gasteiger partial charge < -0.3 is 10.4 Å². The predicted molar refractivity (Wildman–Crippen MR) is 81.9 cm³/mol. The molecule has 0 aliphatic heterocycles. The first-order chi connectivity index (χ1) is 9.84. The summed E-state index contributed by atoms with van der Waals surface area (Å²) >= 11 is 0. The quantitative estimate of drug-likeness (QED) is 0.876. The summed E-state index contributed by atoms with van der Waals surface area (Å²) < 4.78 is 1.47. The van der Waals surface area contributed by atoms with Crippen LogP contribution >= 0.6 is 0 Å². The molecule has 118 valence electrons. The Labute approximate surface area is 126 Å². The predicted octanol–water partition coefficient (Wildman–Crippen LogP) is 2.66. The first kappa shape index (κ1) is 16.0. The van der Waals surface area contributed by atoms with Gasteiger partial charge in [-0.25, -0.2) is 0 Å². The highest BCUT2D eigenvalue weighted by Crippen LogP contribution is 2.37. The van der Waals surface area contributed by atoms with E-state index < -0.39 is 5.97 Å². The number of aromatic nitrogens is 2. The van der Waals surface area contributed by atoms with Crippen molar-refractivity contribution < 1.29 is 9.90 Å². The maximum Gasteiger partial charge on any atom is 0.325 e. The Hall–Kier alpha value is -1.36. The Morgan fingerprint density at radius 1 is 1.38 bits per heavy atom. The molecule has 0 radical (unpaired) electrons. The average molecular weight is 293 g/mol. The molecule has 21 heavy (non-hydrogen) atoms. The van der Waals surface area contributed by atoms with Crippen molar-refractivity contribution in [2.45, 2.75) is 65.6 Å². The third kappa shape index (κ3) is 4.84. The molecule has 0 saturated heterocycles. The Morgan fingerprint density at radius 3 is 2.62 bits per heavy atom. The lowest BCUT2D eigenvalue weighted by molar-refractivity contribution is -0.137. The van der Waals surface area contributed by atoms with E-state index in [-0.39, 0.29) is 6.54 Å². The number of rotatable bonds is 5. The summed E-state index contributed by atoms with van der Waals surface area (Å²) in [5.41, 5.74) is 1.47. The number of nitrogens with one attached hydrogen (secondary N) is 1. The molecule has 0 unspecified atom stereocenters. The fraction of sp³-hybridized carbons (Fsp3) is 0.750. The molecule has 5 heteroatoms. The summed E-state index contributed by atoms with van der Waals surface area (Å²) in [4.78, 5) is 10.6. The smallest absolute Gasteiger partial charge is 0.325 e. The molecule has 5 nitrogen and oxygen atoms in total. The van der Waals surface area contributed by atoms with Crippen LogP contribution in [0.3, 0.4) is 0 Å². The van der Waals surface area contributed by atoms with E-state index >= 15 is 0 Å². The highest BCUT2D eigenvalue weighted by Gasteiger charge is 2.29. The van der Waals surface area contributed by atoms with Crippen LogP contribution in [0.4, 0.5) is 0 Å². The fourth-order valence-electron chi connectivity index (χ4n) is 3.15. The lowest BCUT2D eigenvalue weighted by Gasteiger charge is -2.37. The molecule has 1 aromatic heterocycles. The van der Waals surface area contributed by atoms with Gasteiger partial charge in [-0.15, -0.1) is 0 Å². The van der Waals surface area contributed by atoms with Crippen LogP contribution in [0.25, 0.3) is 0 Å². The number of carboxylic acids is 1. The minimum atomic E-state index is -0.863. The van der Waals surface area contributed by atoms with Gasteiger partial charge >= 0.3 is 5.97 Å². The molecule has 1 aromatic rings. The molecule has 1 aliphatic rings. The lowest BCUT2D eigenvalue weighted by Crippen LogP contribution is -2.35. The Bertz CT molecular complexity index is 468. The molecule has 0 amide bonds. The van der Waals surface area contributed by atoms with E-state index in [2.05, 4.69) is 31.2 Å². The summed E-state index contributed by atoms with van der Waals surface area (Å²) in [6.45, 7) is 7.70. The van der Waals surface area contributed by atoms with Crippen LogP contribution in [0.15, 0.2) is 12.4 Å². The molecule has 2 N–H and O–H groups in total. The Balaban J connectivity index is 1.75. The van der Waals surface area contributed by atoms with Gasteiger partial charge in [0.1, 0.15) is 6.54 Å². The van der Waals surface area contributed by atoms with Crippen molar-refractivity contribution in [2.24, 2.45) is 11.3 Å². The third-order valence-electron chi connectivity index (χ3n) is 4.53. The fourth-order valence-corrected chi connectivity index (χ4v) is 3.15. The number of nitrogens with zero attached hydrogens (tertiary/aromatic N) is 2.